The molecule has 1 aromatic heterocycles. The van der Waals surface area contributed by atoms with Crippen LogP contribution in [0.3, 0.4) is 0 Å². The largest absolute Gasteiger partial charge is 0.313 e. The Bertz CT molecular complexity index is 371. The third-order valence-corrected chi connectivity index (χ3v) is 2.43. The summed E-state index contributed by atoms with van der Waals surface area (Å²) in [6.45, 7) is 4.88. The number of hydrogen-bond donors (Lipinski definition) is 0. The first-order valence-electron chi connectivity index (χ1n) is 4.56. The summed E-state index contributed by atoms with van der Waals surface area (Å²) in [6, 6.07) is 1.47. The average molecular weight is 234 g/mol. The average Bonchev–Trinajstić information content (AvgIpc) is 2.08. The Hall–Kier alpha value is -0.470. The van der Waals surface area contributed by atoms with E-state index >= 15 is 0 Å². The topological polar surface area (TPSA) is 22.0 Å². The minimum atomic E-state index is -0.170. The molecule has 0 saturated heterocycles. The van der Waals surface area contributed by atoms with Crippen molar-refractivity contribution in [2.24, 2.45) is 5.92 Å². The standard InChI is InChI=1S/C10H13Cl2NO/c1-7(2)3-4-13-6-8(11)5-9(12)10(13)14/h5-7H,3-4H2,1-2H3. The Kier molecular flexibility index (Phi) is 4.02. The number of pyridine rings is 1. The third-order valence-electron chi connectivity index (χ3n) is 1.96. The van der Waals surface area contributed by atoms with Gasteiger partial charge >= 0.3 is 0 Å². The van der Waals surface area contributed by atoms with Crippen molar-refractivity contribution >= 4 is 23.2 Å². The summed E-state index contributed by atoms with van der Waals surface area (Å²) in [5.74, 6) is 0.555. The van der Waals surface area contributed by atoms with E-state index in [-0.39, 0.29) is 10.6 Å². The normalized spacial score (nSPS) is 10.9. The Balaban J connectivity index is 2.91. The fourth-order valence-electron chi connectivity index (χ4n) is 1.13. The zero-order chi connectivity index (χ0) is 10.7. The van der Waals surface area contributed by atoms with Crippen molar-refractivity contribution in [1.29, 1.82) is 0 Å². The number of hydrogen-bond acceptors (Lipinski definition) is 1. The molecule has 0 amide bonds. The van der Waals surface area contributed by atoms with Crippen LogP contribution >= 0.6 is 23.2 Å². The number of aromatic nitrogens is 1. The molecular weight excluding hydrogens is 221 g/mol. The molecule has 0 N–H and O–H groups in total. The smallest absolute Gasteiger partial charge is 0.269 e. The second kappa shape index (κ2) is 4.85. The lowest BCUT2D eigenvalue weighted by molar-refractivity contribution is 0.508. The van der Waals surface area contributed by atoms with Crippen molar-refractivity contribution < 1.29 is 0 Å². The van der Waals surface area contributed by atoms with Gasteiger partial charge in [0.2, 0.25) is 0 Å². The Morgan fingerprint density at radius 2 is 2.07 bits per heavy atom. The van der Waals surface area contributed by atoms with E-state index in [0.29, 0.717) is 17.5 Å². The maximum Gasteiger partial charge on any atom is 0.269 e. The molecule has 0 aliphatic rings. The zero-order valence-corrected chi connectivity index (χ0v) is 9.77. The van der Waals surface area contributed by atoms with Crippen LogP contribution in [-0.2, 0) is 6.54 Å². The predicted octanol–water partition coefficient (Wildman–Crippen LogP) is 3.20. The number of halogens is 2. The van der Waals surface area contributed by atoms with E-state index in [1.54, 1.807) is 10.8 Å². The van der Waals surface area contributed by atoms with Gasteiger partial charge in [0.15, 0.2) is 0 Å². The molecule has 2 nitrogen and oxygen atoms in total. The van der Waals surface area contributed by atoms with E-state index in [2.05, 4.69) is 13.8 Å². The number of rotatable bonds is 3. The highest BCUT2D eigenvalue weighted by atomic mass is 35.5. The lowest BCUT2D eigenvalue weighted by atomic mass is 10.1. The van der Waals surface area contributed by atoms with Gasteiger partial charge in [0.1, 0.15) is 5.02 Å². The minimum absolute atomic E-state index is 0.170. The molecule has 0 fully saturated rings. The SMILES string of the molecule is CC(C)CCn1cc(Cl)cc(Cl)c1=O. The molecule has 0 bridgehead atoms. The summed E-state index contributed by atoms with van der Waals surface area (Å²) in [7, 11) is 0. The maximum absolute atomic E-state index is 11.5. The van der Waals surface area contributed by atoms with Gasteiger partial charge in [-0.2, -0.15) is 0 Å². The Labute approximate surface area is 93.5 Å². The Morgan fingerprint density at radius 3 is 2.64 bits per heavy atom. The lowest BCUT2D eigenvalue weighted by Crippen LogP contribution is -2.20. The van der Waals surface area contributed by atoms with Crippen LogP contribution in [0.5, 0.6) is 0 Å². The molecule has 0 saturated carbocycles. The van der Waals surface area contributed by atoms with E-state index in [1.807, 2.05) is 0 Å². The predicted molar refractivity (Wildman–Crippen MR) is 60.2 cm³/mol. The molecule has 1 heterocycles. The molecule has 0 radical (unpaired) electrons. The van der Waals surface area contributed by atoms with Crippen LogP contribution in [0.2, 0.25) is 10.0 Å². The second-order valence-corrected chi connectivity index (χ2v) is 4.53. The van der Waals surface area contributed by atoms with E-state index < -0.39 is 0 Å². The molecule has 0 aromatic carbocycles. The van der Waals surface area contributed by atoms with E-state index in [0.717, 1.165) is 6.42 Å². The quantitative estimate of drug-likeness (QED) is 0.787. The summed E-state index contributed by atoms with van der Waals surface area (Å²) in [5.41, 5.74) is -0.170. The molecule has 1 rings (SSSR count). The molecule has 14 heavy (non-hydrogen) atoms. The summed E-state index contributed by atoms with van der Waals surface area (Å²) in [6.07, 6.45) is 2.56. The van der Waals surface area contributed by atoms with Crippen LogP contribution in [0, 0.1) is 5.92 Å². The van der Waals surface area contributed by atoms with Crippen LogP contribution in [0.15, 0.2) is 17.1 Å². The van der Waals surface area contributed by atoms with Gasteiger partial charge in [-0.25, -0.2) is 0 Å². The van der Waals surface area contributed by atoms with Gasteiger partial charge in [-0.15, -0.1) is 0 Å². The van der Waals surface area contributed by atoms with Crippen LogP contribution < -0.4 is 5.56 Å². The van der Waals surface area contributed by atoms with Crippen molar-refractivity contribution in [2.45, 2.75) is 26.8 Å². The van der Waals surface area contributed by atoms with Gasteiger partial charge in [-0.3, -0.25) is 4.79 Å². The van der Waals surface area contributed by atoms with Crippen LogP contribution in [0.4, 0.5) is 0 Å². The van der Waals surface area contributed by atoms with Crippen molar-refractivity contribution in [1.82, 2.24) is 4.57 Å². The summed E-state index contributed by atoms with van der Waals surface area (Å²) >= 11 is 11.5. The highest BCUT2D eigenvalue weighted by Gasteiger charge is 2.04. The van der Waals surface area contributed by atoms with Crippen molar-refractivity contribution in [3.8, 4) is 0 Å². The first-order valence-corrected chi connectivity index (χ1v) is 5.32. The van der Waals surface area contributed by atoms with Gasteiger partial charge in [-0.1, -0.05) is 37.0 Å². The molecule has 0 spiro atoms. The molecule has 0 atom stereocenters. The number of nitrogens with zero attached hydrogens (tertiary/aromatic N) is 1. The fraction of sp³-hybridized carbons (Fsp3) is 0.500. The third kappa shape index (κ3) is 3.03. The summed E-state index contributed by atoms with van der Waals surface area (Å²) < 4.78 is 1.56. The number of aryl methyl sites for hydroxylation is 1. The van der Waals surface area contributed by atoms with E-state index in [9.17, 15) is 4.79 Å². The van der Waals surface area contributed by atoms with Gasteiger partial charge in [0.05, 0.1) is 5.02 Å². The summed E-state index contributed by atoms with van der Waals surface area (Å²) in [4.78, 5) is 11.5. The molecule has 78 valence electrons. The second-order valence-electron chi connectivity index (χ2n) is 3.69. The first kappa shape index (κ1) is 11.6. The Morgan fingerprint density at radius 1 is 1.43 bits per heavy atom. The van der Waals surface area contributed by atoms with Crippen molar-refractivity contribution in [3.63, 3.8) is 0 Å². The van der Waals surface area contributed by atoms with Crippen molar-refractivity contribution in [2.75, 3.05) is 0 Å². The zero-order valence-electron chi connectivity index (χ0n) is 8.26. The molecule has 0 aliphatic heterocycles. The molecule has 0 unspecified atom stereocenters. The van der Waals surface area contributed by atoms with Gasteiger partial charge in [0.25, 0.3) is 5.56 Å². The van der Waals surface area contributed by atoms with E-state index in [1.165, 1.54) is 6.07 Å². The van der Waals surface area contributed by atoms with Crippen LogP contribution in [-0.4, -0.2) is 4.57 Å². The van der Waals surface area contributed by atoms with Gasteiger partial charge < -0.3 is 4.57 Å². The van der Waals surface area contributed by atoms with Crippen LogP contribution in [0.25, 0.3) is 0 Å². The van der Waals surface area contributed by atoms with Gasteiger partial charge in [0, 0.05) is 12.7 Å². The monoisotopic (exact) mass is 233 g/mol. The van der Waals surface area contributed by atoms with Crippen molar-refractivity contribution in [3.05, 3.63) is 32.7 Å². The highest BCUT2D eigenvalue weighted by molar-refractivity contribution is 6.34. The highest BCUT2D eigenvalue weighted by Crippen LogP contribution is 2.12. The molecule has 0 aliphatic carbocycles. The van der Waals surface area contributed by atoms with Gasteiger partial charge in [-0.05, 0) is 18.4 Å². The fourth-order valence-corrected chi connectivity index (χ4v) is 1.64. The van der Waals surface area contributed by atoms with Crippen LogP contribution in [0.1, 0.15) is 20.3 Å². The molecule has 4 heteroatoms. The lowest BCUT2D eigenvalue weighted by Gasteiger charge is -2.08. The maximum atomic E-state index is 11.5. The van der Waals surface area contributed by atoms with E-state index in [4.69, 9.17) is 23.2 Å². The minimum Gasteiger partial charge on any atom is -0.313 e. The molecular formula is C10H13Cl2NO. The summed E-state index contributed by atoms with van der Waals surface area (Å²) in [5, 5.41) is 0.680. The molecule has 1 aromatic rings. The first-order chi connectivity index (χ1) is 6.50.